The molecular weight excluding hydrogens is 286 g/mol. The van der Waals surface area contributed by atoms with Crippen LogP contribution in [0, 0.1) is 4.71 Å². The maximum absolute atomic E-state index is 11.1. The van der Waals surface area contributed by atoms with Crippen molar-refractivity contribution in [2.24, 2.45) is 0 Å². The molecule has 0 saturated carbocycles. The van der Waals surface area contributed by atoms with Crippen LogP contribution in [0.15, 0.2) is 28.7 Å². The second-order valence-corrected chi connectivity index (χ2v) is 5.18. The van der Waals surface area contributed by atoms with Crippen molar-refractivity contribution in [2.45, 2.75) is 20.8 Å². The van der Waals surface area contributed by atoms with Gasteiger partial charge in [-0.1, -0.05) is 0 Å². The topological polar surface area (TPSA) is 42.7 Å². The van der Waals surface area contributed by atoms with E-state index >= 15 is 0 Å². The lowest BCUT2D eigenvalue weighted by Crippen LogP contribution is -2.21. The summed E-state index contributed by atoms with van der Waals surface area (Å²) in [5.74, 6) is 0.553. The fourth-order valence-corrected chi connectivity index (χ4v) is 2.40. The van der Waals surface area contributed by atoms with Gasteiger partial charge in [0.15, 0.2) is 10.5 Å². The van der Waals surface area contributed by atoms with Crippen molar-refractivity contribution in [1.82, 2.24) is 0 Å². The van der Waals surface area contributed by atoms with Crippen LogP contribution < -0.4 is 9.64 Å². The molecule has 0 spiro atoms. The molecule has 0 atom stereocenters. The minimum absolute atomic E-state index is 0.0328. The average Bonchev–Trinajstić information content (AvgIpc) is 2.45. The monoisotopic (exact) mass is 305 g/mol. The highest BCUT2D eigenvalue weighted by molar-refractivity contribution is 7.71. The van der Waals surface area contributed by atoms with Gasteiger partial charge in [0.05, 0.1) is 5.39 Å². The van der Waals surface area contributed by atoms with Gasteiger partial charge in [-0.2, -0.15) is 0 Å². The number of carbonyl (C=O) groups excluding carboxylic acids is 1. The first-order valence-corrected chi connectivity index (χ1v) is 7.41. The molecule has 2 rings (SSSR count). The number of anilines is 1. The Bertz CT molecular complexity index is 704. The van der Waals surface area contributed by atoms with E-state index in [0.717, 1.165) is 24.2 Å². The predicted octanol–water partition coefficient (Wildman–Crippen LogP) is 3.98. The molecule has 0 saturated heterocycles. The summed E-state index contributed by atoms with van der Waals surface area (Å²) in [6, 6.07) is 7.56. The van der Waals surface area contributed by atoms with E-state index in [2.05, 4.69) is 18.7 Å². The Hall–Kier alpha value is -1.88. The molecule has 112 valence electrons. The number of benzene rings is 1. The molecule has 5 heteroatoms. The first-order chi connectivity index (χ1) is 10.0. The van der Waals surface area contributed by atoms with Crippen molar-refractivity contribution >= 4 is 34.7 Å². The van der Waals surface area contributed by atoms with Crippen LogP contribution in [0.25, 0.3) is 11.0 Å². The number of Topliss-reactive ketones (excluding diaryl/α,β-unsaturated/α-hetero) is 1. The van der Waals surface area contributed by atoms with Crippen LogP contribution in [-0.4, -0.2) is 25.5 Å². The summed E-state index contributed by atoms with van der Waals surface area (Å²) in [7, 11) is 0. The number of ether oxygens (including phenoxy) is 1. The second-order valence-electron chi connectivity index (χ2n) is 4.77. The minimum Gasteiger partial charge on any atom is -0.485 e. The summed E-state index contributed by atoms with van der Waals surface area (Å²) in [6.45, 7) is 7.58. The number of hydrogen-bond donors (Lipinski definition) is 0. The minimum atomic E-state index is -0.0328. The summed E-state index contributed by atoms with van der Waals surface area (Å²) in [6.07, 6.45) is 0. The van der Waals surface area contributed by atoms with E-state index in [1.165, 1.54) is 6.92 Å². The number of nitrogens with zero attached hydrogens (tertiary/aromatic N) is 1. The molecule has 0 aliphatic heterocycles. The Balaban J connectivity index is 2.48. The van der Waals surface area contributed by atoms with Gasteiger partial charge in [-0.05, 0) is 45.1 Å². The molecule has 2 aromatic rings. The Labute approximate surface area is 129 Å². The number of hydrogen-bond acceptors (Lipinski definition) is 5. The van der Waals surface area contributed by atoms with Crippen molar-refractivity contribution in [3.8, 4) is 5.75 Å². The van der Waals surface area contributed by atoms with Crippen LogP contribution in [0.4, 0.5) is 5.69 Å². The Kier molecular flexibility index (Phi) is 4.96. The molecule has 0 bridgehead atoms. The van der Waals surface area contributed by atoms with Crippen molar-refractivity contribution in [3.63, 3.8) is 0 Å². The molecule has 0 aliphatic rings. The zero-order chi connectivity index (χ0) is 15.4. The molecule has 1 aromatic carbocycles. The predicted molar refractivity (Wildman–Crippen MR) is 86.8 cm³/mol. The van der Waals surface area contributed by atoms with Crippen molar-refractivity contribution in [1.29, 1.82) is 0 Å². The summed E-state index contributed by atoms with van der Waals surface area (Å²) < 4.78 is 11.5. The van der Waals surface area contributed by atoms with Crippen LogP contribution in [-0.2, 0) is 4.79 Å². The van der Waals surface area contributed by atoms with E-state index in [9.17, 15) is 4.79 Å². The van der Waals surface area contributed by atoms with Crippen LogP contribution >= 0.6 is 12.2 Å². The fraction of sp³-hybridized carbons (Fsp3) is 0.375. The SMILES string of the molecule is CCN(CC)c1ccc2c(OCC(C)=O)cc(=S)oc2c1. The van der Waals surface area contributed by atoms with Gasteiger partial charge in [-0.15, -0.1) is 0 Å². The zero-order valence-corrected chi connectivity index (χ0v) is 13.3. The molecule has 0 N–H and O–H groups in total. The van der Waals surface area contributed by atoms with E-state index in [1.54, 1.807) is 6.07 Å². The summed E-state index contributed by atoms with van der Waals surface area (Å²) in [5, 5.41) is 0.820. The Morgan fingerprint density at radius 1 is 1.29 bits per heavy atom. The molecule has 0 fully saturated rings. The van der Waals surface area contributed by atoms with Crippen molar-refractivity contribution in [2.75, 3.05) is 24.6 Å². The molecule has 1 heterocycles. The van der Waals surface area contributed by atoms with Crippen LogP contribution in [0.2, 0.25) is 0 Å². The number of ketones is 1. The molecule has 1 aromatic heterocycles. The van der Waals surface area contributed by atoms with Gasteiger partial charge in [0, 0.05) is 30.9 Å². The quantitative estimate of drug-likeness (QED) is 0.755. The van der Waals surface area contributed by atoms with E-state index in [-0.39, 0.29) is 12.4 Å². The Morgan fingerprint density at radius 2 is 2.00 bits per heavy atom. The first kappa shape index (κ1) is 15.5. The summed E-state index contributed by atoms with van der Waals surface area (Å²) in [5.41, 5.74) is 1.75. The third-order valence-corrected chi connectivity index (χ3v) is 3.45. The highest BCUT2D eigenvalue weighted by Crippen LogP contribution is 2.30. The normalized spacial score (nSPS) is 10.6. The molecule has 0 unspecified atom stereocenters. The third kappa shape index (κ3) is 3.61. The van der Waals surface area contributed by atoms with Crippen molar-refractivity contribution < 1.29 is 13.9 Å². The molecule has 21 heavy (non-hydrogen) atoms. The standard InChI is InChI=1S/C16H19NO3S/c1-4-17(5-2)12-6-7-13-14(19-10-11(3)18)9-16(21)20-15(13)8-12/h6-9H,4-5,10H2,1-3H3. The summed E-state index contributed by atoms with van der Waals surface area (Å²) >= 11 is 5.13. The first-order valence-electron chi connectivity index (χ1n) is 7.00. The maximum atomic E-state index is 11.1. The average molecular weight is 305 g/mol. The van der Waals surface area contributed by atoms with Gasteiger partial charge in [0.25, 0.3) is 0 Å². The fourth-order valence-electron chi connectivity index (χ4n) is 2.21. The van der Waals surface area contributed by atoms with Crippen molar-refractivity contribution in [3.05, 3.63) is 29.0 Å². The smallest absolute Gasteiger partial charge is 0.194 e. The van der Waals surface area contributed by atoms with Gasteiger partial charge in [-0.3, -0.25) is 4.79 Å². The van der Waals surface area contributed by atoms with Gasteiger partial charge < -0.3 is 14.1 Å². The molecule has 0 aliphatic carbocycles. The van der Waals surface area contributed by atoms with Crippen LogP contribution in [0.1, 0.15) is 20.8 Å². The Morgan fingerprint density at radius 3 is 2.62 bits per heavy atom. The molecule has 4 nitrogen and oxygen atoms in total. The zero-order valence-electron chi connectivity index (χ0n) is 12.5. The van der Waals surface area contributed by atoms with E-state index in [1.807, 2.05) is 18.2 Å². The van der Waals surface area contributed by atoms with Gasteiger partial charge in [0.1, 0.15) is 17.9 Å². The van der Waals surface area contributed by atoms with E-state index < -0.39 is 0 Å². The van der Waals surface area contributed by atoms with Crippen LogP contribution in [0.5, 0.6) is 5.75 Å². The number of carbonyl (C=O) groups is 1. The van der Waals surface area contributed by atoms with E-state index in [4.69, 9.17) is 21.4 Å². The van der Waals surface area contributed by atoms with Gasteiger partial charge in [-0.25, -0.2) is 0 Å². The lowest BCUT2D eigenvalue weighted by Gasteiger charge is -2.21. The molecule has 0 radical (unpaired) electrons. The molecule has 0 amide bonds. The third-order valence-electron chi connectivity index (χ3n) is 3.25. The lowest BCUT2D eigenvalue weighted by molar-refractivity contribution is -0.118. The largest absolute Gasteiger partial charge is 0.485 e. The highest BCUT2D eigenvalue weighted by atomic mass is 32.1. The maximum Gasteiger partial charge on any atom is 0.194 e. The van der Waals surface area contributed by atoms with Gasteiger partial charge >= 0.3 is 0 Å². The van der Waals surface area contributed by atoms with E-state index in [0.29, 0.717) is 16.0 Å². The summed E-state index contributed by atoms with van der Waals surface area (Å²) in [4.78, 5) is 13.3. The number of fused-ring (bicyclic) bond motifs is 1. The highest BCUT2D eigenvalue weighted by Gasteiger charge is 2.09. The van der Waals surface area contributed by atoms with Crippen LogP contribution in [0.3, 0.4) is 0 Å². The van der Waals surface area contributed by atoms with Gasteiger partial charge in [0.2, 0.25) is 0 Å². The molecular formula is C16H19NO3S. The second kappa shape index (κ2) is 6.72. The number of rotatable bonds is 6. The lowest BCUT2D eigenvalue weighted by atomic mass is 10.2.